The first-order chi connectivity index (χ1) is 13.7. The van der Waals surface area contributed by atoms with Crippen molar-refractivity contribution in [1.82, 2.24) is 20.3 Å². The molecule has 0 bridgehead atoms. The van der Waals surface area contributed by atoms with Crippen molar-refractivity contribution >= 4 is 11.8 Å². The van der Waals surface area contributed by atoms with E-state index in [0.29, 0.717) is 24.3 Å². The lowest BCUT2D eigenvalue weighted by atomic mass is 10.0. The average Bonchev–Trinajstić information content (AvgIpc) is 3.17. The fraction of sp³-hybridized carbons (Fsp3) is 0.421. The summed E-state index contributed by atoms with van der Waals surface area (Å²) >= 11 is 0. The van der Waals surface area contributed by atoms with Crippen LogP contribution in [0.4, 0.5) is 13.2 Å². The first-order valence-electron chi connectivity index (χ1n) is 9.05. The second-order valence-corrected chi connectivity index (χ2v) is 6.92. The summed E-state index contributed by atoms with van der Waals surface area (Å²) in [5, 5.41) is 6.46. The van der Waals surface area contributed by atoms with Crippen LogP contribution in [0.1, 0.15) is 23.2 Å². The van der Waals surface area contributed by atoms with Gasteiger partial charge in [-0.05, 0) is 11.6 Å². The molecule has 1 saturated heterocycles. The number of nitrogens with zero attached hydrogens (tertiary/aromatic N) is 3. The SMILES string of the molecule is CN(Cc1ccon1)C(=O)CC1C(=O)NCCN1Cc1cccc(C(F)(F)F)c1. The zero-order chi connectivity index (χ0) is 21.0. The van der Waals surface area contributed by atoms with Crippen molar-refractivity contribution in [2.75, 3.05) is 20.1 Å². The second-order valence-electron chi connectivity index (χ2n) is 6.92. The number of hydrogen-bond donors (Lipinski definition) is 1. The molecule has 0 saturated carbocycles. The molecule has 2 amide bonds. The van der Waals surface area contributed by atoms with Gasteiger partial charge >= 0.3 is 6.18 Å². The lowest BCUT2D eigenvalue weighted by Gasteiger charge is -2.35. The van der Waals surface area contributed by atoms with Gasteiger partial charge in [0, 0.05) is 32.7 Å². The number of carbonyl (C=O) groups excluding carboxylic acids is 2. The van der Waals surface area contributed by atoms with Crippen LogP contribution in [0.15, 0.2) is 41.1 Å². The van der Waals surface area contributed by atoms with Gasteiger partial charge in [-0.2, -0.15) is 13.2 Å². The normalized spacial score (nSPS) is 17.8. The molecule has 0 spiro atoms. The van der Waals surface area contributed by atoms with E-state index in [4.69, 9.17) is 4.52 Å². The van der Waals surface area contributed by atoms with Crippen LogP contribution in [0.3, 0.4) is 0 Å². The number of carbonyl (C=O) groups is 2. The first kappa shape index (κ1) is 20.8. The number of aromatic nitrogens is 1. The molecular formula is C19H21F3N4O3. The van der Waals surface area contributed by atoms with Gasteiger partial charge < -0.3 is 14.7 Å². The third-order valence-electron chi connectivity index (χ3n) is 4.77. The minimum Gasteiger partial charge on any atom is -0.364 e. The molecule has 0 aliphatic carbocycles. The van der Waals surface area contributed by atoms with Crippen molar-refractivity contribution in [3.05, 3.63) is 53.4 Å². The van der Waals surface area contributed by atoms with Gasteiger partial charge in [-0.1, -0.05) is 23.4 Å². The van der Waals surface area contributed by atoms with Gasteiger partial charge in [0.25, 0.3) is 0 Å². The van der Waals surface area contributed by atoms with Gasteiger partial charge in [0.05, 0.1) is 24.6 Å². The summed E-state index contributed by atoms with van der Waals surface area (Å²) in [6.07, 6.45) is -3.12. The molecule has 1 aromatic heterocycles. The third-order valence-corrected chi connectivity index (χ3v) is 4.77. The van der Waals surface area contributed by atoms with Gasteiger partial charge in [-0.15, -0.1) is 0 Å². The quantitative estimate of drug-likeness (QED) is 0.789. The van der Waals surface area contributed by atoms with E-state index in [2.05, 4.69) is 10.5 Å². The van der Waals surface area contributed by atoms with Gasteiger partial charge in [0.15, 0.2) is 0 Å². The Morgan fingerprint density at radius 1 is 1.38 bits per heavy atom. The van der Waals surface area contributed by atoms with Crippen LogP contribution >= 0.6 is 0 Å². The molecule has 156 valence electrons. The van der Waals surface area contributed by atoms with Crippen LogP contribution in [-0.4, -0.2) is 52.9 Å². The van der Waals surface area contributed by atoms with Crippen LogP contribution in [0.2, 0.25) is 0 Å². The number of nitrogens with one attached hydrogen (secondary N) is 1. The summed E-state index contributed by atoms with van der Waals surface area (Å²) < 4.78 is 43.6. The van der Waals surface area contributed by atoms with E-state index in [1.807, 2.05) is 0 Å². The van der Waals surface area contributed by atoms with Crippen LogP contribution in [0.25, 0.3) is 0 Å². The average molecular weight is 410 g/mol. The number of benzene rings is 1. The molecule has 1 aliphatic rings. The fourth-order valence-electron chi connectivity index (χ4n) is 3.23. The highest BCUT2D eigenvalue weighted by Crippen LogP contribution is 2.30. The Morgan fingerprint density at radius 3 is 2.86 bits per heavy atom. The minimum atomic E-state index is -4.44. The Balaban J connectivity index is 1.69. The Labute approximate surface area is 165 Å². The molecule has 2 heterocycles. The van der Waals surface area contributed by atoms with Crippen molar-refractivity contribution in [1.29, 1.82) is 0 Å². The molecule has 1 aromatic carbocycles. The number of rotatable bonds is 6. The number of piperazine rings is 1. The van der Waals surface area contributed by atoms with Gasteiger partial charge in [-0.3, -0.25) is 14.5 Å². The standard InChI is InChI=1S/C19H21F3N4O3/c1-25(12-15-5-8-29-24-15)17(27)10-16-18(28)23-6-7-26(16)11-13-3-2-4-14(9-13)19(20,21)22/h2-5,8-9,16H,6-7,10-12H2,1H3,(H,23,28). The Bertz CT molecular complexity index is 855. The monoisotopic (exact) mass is 410 g/mol. The third kappa shape index (κ3) is 5.35. The number of hydrogen-bond acceptors (Lipinski definition) is 5. The Hall–Kier alpha value is -2.88. The van der Waals surface area contributed by atoms with Crippen LogP contribution in [0.5, 0.6) is 0 Å². The topological polar surface area (TPSA) is 78.7 Å². The number of halogens is 3. The summed E-state index contributed by atoms with van der Waals surface area (Å²) in [7, 11) is 1.59. The summed E-state index contributed by atoms with van der Waals surface area (Å²) in [5.74, 6) is -0.587. The number of alkyl halides is 3. The Morgan fingerprint density at radius 2 is 2.17 bits per heavy atom. The fourth-order valence-corrected chi connectivity index (χ4v) is 3.23. The molecule has 2 aromatic rings. The molecule has 1 fully saturated rings. The summed E-state index contributed by atoms with van der Waals surface area (Å²) in [6.45, 7) is 1.18. The highest BCUT2D eigenvalue weighted by atomic mass is 19.4. The highest BCUT2D eigenvalue weighted by Gasteiger charge is 2.34. The first-order valence-corrected chi connectivity index (χ1v) is 9.05. The molecule has 7 nitrogen and oxygen atoms in total. The zero-order valence-electron chi connectivity index (χ0n) is 15.8. The van der Waals surface area contributed by atoms with Gasteiger partial charge in [-0.25, -0.2) is 0 Å². The minimum absolute atomic E-state index is 0.0842. The summed E-state index contributed by atoms with van der Waals surface area (Å²) in [4.78, 5) is 28.1. The van der Waals surface area contributed by atoms with E-state index in [9.17, 15) is 22.8 Å². The summed E-state index contributed by atoms with van der Waals surface area (Å²) in [5.41, 5.74) is 0.272. The van der Waals surface area contributed by atoms with Crippen molar-refractivity contribution in [3.8, 4) is 0 Å². The van der Waals surface area contributed by atoms with Crippen LogP contribution < -0.4 is 5.32 Å². The van der Waals surface area contributed by atoms with Crippen molar-refractivity contribution in [2.24, 2.45) is 0 Å². The second kappa shape index (κ2) is 8.64. The maximum Gasteiger partial charge on any atom is 0.416 e. The molecule has 0 radical (unpaired) electrons. The smallest absolute Gasteiger partial charge is 0.364 e. The molecular weight excluding hydrogens is 389 g/mol. The highest BCUT2D eigenvalue weighted by molar-refractivity contribution is 5.88. The maximum absolute atomic E-state index is 13.0. The van der Waals surface area contributed by atoms with E-state index in [0.717, 1.165) is 12.1 Å². The van der Waals surface area contributed by atoms with Crippen LogP contribution in [0, 0.1) is 0 Å². The lowest BCUT2D eigenvalue weighted by molar-refractivity contribution is -0.138. The predicted octanol–water partition coefficient (Wildman–Crippen LogP) is 2.04. The van der Waals surface area contributed by atoms with Gasteiger partial charge in [0.2, 0.25) is 11.8 Å². The van der Waals surface area contributed by atoms with E-state index in [-0.39, 0.29) is 31.3 Å². The molecule has 10 heteroatoms. The predicted molar refractivity (Wildman–Crippen MR) is 96.2 cm³/mol. The lowest BCUT2D eigenvalue weighted by Crippen LogP contribution is -2.56. The van der Waals surface area contributed by atoms with E-state index in [1.54, 1.807) is 24.1 Å². The summed E-state index contributed by atoms with van der Waals surface area (Å²) in [6, 6.07) is 5.88. The molecule has 29 heavy (non-hydrogen) atoms. The van der Waals surface area contributed by atoms with E-state index >= 15 is 0 Å². The maximum atomic E-state index is 13.0. The number of amides is 2. The molecule has 3 rings (SSSR count). The van der Waals surface area contributed by atoms with Gasteiger partial charge in [0.1, 0.15) is 12.0 Å². The van der Waals surface area contributed by atoms with Crippen LogP contribution in [-0.2, 0) is 28.9 Å². The van der Waals surface area contributed by atoms with E-state index < -0.39 is 17.8 Å². The molecule has 1 aliphatic heterocycles. The molecule has 1 atom stereocenters. The van der Waals surface area contributed by atoms with E-state index in [1.165, 1.54) is 17.2 Å². The zero-order valence-corrected chi connectivity index (χ0v) is 15.8. The van der Waals surface area contributed by atoms with Crippen molar-refractivity contribution in [3.63, 3.8) is 0 Å². The van der Waals surface area contributed by atoms with Crippen molar-refractivity contribution in [2.45, 2.75) is 31.7 Å². The largest absolute Gasteiger partial charge is 0.416 e. The Kier molecular flexibility index (Phi) is 6.21. The van der Waals surface area contributed by atoms with Crippen molar-refractivity contribution < 1.29 is 27.3 Å². The molecule has 1 N–H and O–H groups in total. The molecule has 1 unspecified atom stereocenters.